The van der Waals surface area contributed by atoms with Crippen molar-refractivity contribution in [2.24, 2.45) is 0 Å². The molecule has 8 heteroatoms. The van der Waals surface area contributed by atoms with Gasteiger partial charge in [-0.05, 0) is 47.0 Å². The molecule has 0 aliphatic rings. The molecule has 0 spiro atoms. The van der Waals surface area contributed by atoms with E-state index in [0.717, 1.165) is 18.4 Å². The summed E-state index contributed by atoms with van der Waals surface area (Å²) in [5, 5.41) is 6.65. The first-order valence-electron chi connectivity index (χ1n) is 8.88. The minimum Gasteiger partial charge on any atom is -0.461 e. The second-order valence-electron chi connectivity index (χ2n) is 6.09. The van der Waals surface area contributed by atoms with Crippen LogP contribution in [0.1, 0.15) is 35.9 Å². The van der Waals surface area contributed by atoms with Gasteiger partial charge in [-0.3, -0.25) is 19.0 Å². The molecule has 0 saturated carbocycles. The molecule has 0 radical (unpaired) electrons. The highest BCUT2D eigenvalue weighted by molar-refractivity contribution is 7.08. The van der Waals surface area contributed by atoms with Gasteiger partial charge in [0.25, 0.3) is 5.56 Å². The van der Waals surface area contributed by atoms with E-state index in [0.29, 0.717) is 15.7 Å². The monoisotopic (exact) mass is 416 g/mol. The number of carbonyl (C=O) groups is 2. The molecule has 0 unspecified atom stereocenters. The second kappa shape index (κ2) is 9.48. The summed E-state index contributed by atoms with van der Waals surface area (Å²) in [6, 6.07) is 5.09. The van der Waals surface area contributed by atoms with Crippen LogP contribution in [0.3, 0.4) is 0 Å². The SMILES string of the molecule is CCCCNC(=O)Cn1c(=O)/c(=C\c2ccsc2)s/c1=C\C(=O)c1ccco1. The number of carbonyl (C=O) groups excluding carboxylic acids is 2. The molecular weight excluding hydrogens is 396 g/mol. The summed E-state index contributed by atoms with van der Waals surface area (Å²) in [7, 11) is 0. The number of ketones is 1. The molecule has 0 aromatic carbocycles. The Morgan fingerprint density at radius 1 is 1.32 bits per heavy atom. The number of aromatic nitrogens is 1. The van der Waals surface area contributed by atoms with Gasteiger partial charge in [0.1, 0.15) is 11.2 Å². The van der Waals surface area contributed by atoms with Gasteiger partial charge in [-0.15, -0.1) is 11.3 Å². The minimum absolute atomic E-state index is 0.131. The lowest BCUT2D eigenvalue weighted by Crippen LogP contribution is -2.38. The van der Waals surface area contributed by atoms with Crippen LogP contribution in [0.4, 0.5) is 0 Å². The minimum atomic E-state index is -0.353. The molecule has 0 saturated heterocycles. The maximum atomic E-state index is 12.9. The van der Waals surface area contributed by atoms with E-state index in [9.17, 15) is 14.4 Å². The van der Waals surface area contributed by atoms with Crippen LogP contribution in [0, 0.1) is 0 Å². The lowest BCUT2D eigenvalue weighted by molar-refractivity contribution is -0.121. The molecule has 0 bridgehead atoms. The third-order valence-corrected chi connectivity index (χ3v) is 5.71. The van der Waals surface area contributed by atoms with Crippen molar-refractivity contribution in [2.75, 3.05) is 6.54 Å². The van der Waals surface area contributed by atoms with E-state index in [-0.39, 0.29) is 29.6 Å². The number of rotatable bonds is 8. The molecule has 0 aliphatic heterocycles. The average molecular weight is 417 g/mol. The molecule has 1 amide bonds. The van der Waals surface area contributed by atoms with Gasteiger partial charge in [-0.1, -0.05) is 13.3 Å². The zero-order valence-electron chi connectivity index (χ0n) is 15.3. The summed E-state index contributed by atoms with van der Waals surface area (Å²) in [5.41, 5.74) is 0.618. The molecule has 0 aliphatic carbocycles. The number of nitrogens with zero attached hydrogens (tertiary/aromatic N) is 1. The Kier molecular flexibility index (Phi) is 6.78. The molecule has 28 heavy (non-hydrogen) atoms. The molecule has 3 heterocycles. The summed E-state index contributed by atoms with van der Waals surface area (Å²) < 4.78 is 7.35. The van der Waals surface area contributed by atoms with E-state index >= 15 is 0 Å². The van der Waals surface area contributed by atoms with Gasteiger partial charge in [0.15, 0.2) is 5.76 Å². The predicted molar refractivity (Wildman–Crippen MR) is 111 cm³/mol. The van der Waals surface area contributed by atoms with Gasteiger partial charge >= 0.3 is 0 Å². The normalized spacial score (nSPS) is 12.5. The Morgan fingerprint density at radius 3 is 2.86 bits per heavy atom. The highest BCUT2D eigenvalue weighted by Crippen LogP contribution is 2.06. The summed E-state index contributed by atoms with van der Waals surface area (Å²) >= 11 is 2.71. The van der Waals surface area contributed by atoms with E-state index in [2.05, 4.69) is 5.32 Å². The Labute approximate surface area is 169 Å². The fraction of sp³-hybridized carbons (Fsp3) is 0.250. The Morgan fingerprint density at radius 2 is 2.18 bits per heavy atom. The Balaban J connectivity index is 2.00. The fourth-order valence-corrected chi connectivity index (χ4v) is 4.17. The van der Waals surface area contributed by atoms with Gasteiger partial charge in [-0.25, -0.2) is 0 Å². The van der Waals surface area contributed by atoms with Crippen molar-refractivity contribution in [1.82, 2.24) is 9.88 Å². The first-order valence-corrected chi connectivity index (χ1v) is 10.6. The lowest BCUT2D eigenvalue weighted by atomic mass is 10.3. The van der Waals surface area contributed by atoms with Crippen molar-refractivity contribution >= 4 is 46.5 Å². The van der Waals surface area contributed by atoms with Crippen LogP contribution >= 0.6 is 22.7 Å². The van der Waals surface area contributed by atoms with Gasteiger partial charge in [0.2, 0.25) is 11.7 Å². The van der Waals surface area contributed by atoms with Gasteiger partial charge < -0.3 is 9.73 Å². The summed E-state index contributed by atoms with van der Waals surface area (Å²) in [5.74, 6) is -0.424. The fourth-order valence-electron chi connectivity index (χ4n) is 2.51. The first-order chi connectivity index (χ1) is 13.6. The van der Waals surface area contributed by atoms with Crippen molar-refractivity contribution in [1.29, 1.82) is 0 Å². The summed E-state index contributed by atoms with van der Waals surface area (Å²) in [6.45, 7) is 2.47. The third-order valence-electron chi connectivity index (χ3n) is 3.95. The van der Waals surface area contributed by atoms with Crippen LogP contribution in [0.25, 0.3) is 12.2 Å². The number of hydrogen-bond donors (Lipinski definition) is 1. The van der Waals surface area contributed by atoms with Crippen molar-refractivity contribution in [2.45, 2.75) is 26.3 Å². The number of nitrogens with one attached hydrogen (secondary N) is 1. The summed E-state index contributed by atoms with van der Waals surface area (Å²) in [6.07, 6.45) is 6.37. The zero-order valence-corrected chi connectivity index (χ0v) is 17.0. The molecular formula is C20H20N2O4S2. The van der Waals surface area contributed by atoms with Crippen LogP contribution in [0.5, 0.6) is 0 Å². The standard InChI is InChI=1S/C20H20N2O4S2/c1-2-3-7-21-18(24)12-22-19(11-15(23)16-5-4-8-26-16)28-17(20(22)25)10-14-6-9-27-13-14/h4-6,8-11,13H,2-3,7,12H2,1H3,(H,21,24)/b17-10+,19-11-. The maximum absolute atomic E-state index is 12.9. The molecule has 0 fully saturated rings. The molecule has 6 nitrogen and oxygen atoms in total. The van der Waals surface area contributed by atoms with Crippen LogP contribution in [0.15, 0.2) is 44.4 Å². The first kappa shape index (κ1) is 20.0. The molecule has 146 valence electrons. The van der Waals surface area contributed by atoms with Crippen LogP contribution in [0.2, 0.25) is 0 Å². The largest absolute Gasteiger partial charge is 0.461 e. The van der Waals surface area contributed by atoms with E-state index in [1.165, 1.54) is 39.6 Å². The molecule has 1 N–H and O–H groups in total. The van der Waals surface area contributed by atoms with E-state index < -0.39 is 0 Å². The maximum Gasteiger partial charge on any atom is 0.269 e. The molecule has 3 aromatic rings. The third kappa shape index (κ3) is 4.96. The van der Waals surface area contributed by atoms with E-state index in [1.807, 2.05) is 23.8 Å². The number of hydrogen-bond acceptors (Lipinski definition) is 6. The predicted octanol–water partition coefficient (Wildman–Crippen LogP) is 1.97. The van der Waals surface area contributed by atoms with Crippen molar-refractivity contribution in [3.05, 3.63) is 66.1 Å². The molecule has 3 aromatic heterocycles. The number of thiophene rings is 1. The molecule has 0 atom stereocenters. The topological polar surface area (TPSA) is 81.3 Å². The number of unbranched alkanes of at least 4 members (excludes halogenated alkanes) is 1. The number of amides is 1. The van der Waals surface area contributed by atoms with Gasteiger partial charge in [0, 0.05) is 12.6 Å². The zero-order chi connectivity index (χ0) is 19.9. The van der Waals surface area contributed by atoms with Crippen LogP contribution < -0.4 is 20.1 Å². The number of thiazole rings is 1. The highest BCUT2D eigenvalue weighted by atomic mass is 32.1. The number of furan rings is 1. The summed E-state index contributed by atoms with van der Waals surface area (Å²) in [4.78, 5) is 37.5. The smallest absolute Gasteiger partial charge is 0.269 e. The quantitative estimate of drug-likeness (QED) is 0.450. The highest BCUT2D eigenvalue weighted by Gasteiger charge is 2.12. The van der Waals surface area contributed by atoms with Crippen LogP contribution in [-0.4, -0.2) is 22.8 Å². The molecule has 3 rings (SSSR count). The van der Waals surface area contributed by atoms with Crippen molar-refractivity contribution < 1.29 is 14.0 Å². The number of Topliss-reactive ketones (excluding diaryl/α,β-unsaturated/α-hetero) is 1. The second-order valence-corrected chi connectivity index (χ2v) is 7.93. The van der Waals surface area contributed by atoms with Gasteiger partial charge in [-0.2, -0.15) is 11.3 Å². The van der Waals surface area contributed by atoms with Gasteiger partial charge in [0.05, 0.1) is 10.8 Å². The van der Waals surface area contributed by atoms with Crippen molar-refractivity contribution in [3.8, 4) is 0 Å². The van der Waals surface area contributed by atoms with E-state index in [4.69, 9.17) is 4.42 Å². The Hall–Kier alpha value is -2.71. The van der Waals surface area contributed by atoms with Crippen LogP contribution in [-0.2, 0) is 11.3 Å². The van der Waals surface area contributed by atoms with E-state index in [1.54, 1.807) is 18.2 Å². The Bertz CT molecular complexity index is 1110. The average Bonchev–Trinajstić information content (AvgIpc) is 3.42. The lowest BCUT2D eigenvalue weighted by Gasteiger charge is -2.04. The van der Waals surface area contributed by atoms with Crippen molar-refractivity contribution in [3.63, 3.8) is 0 Å².